The van der Waals surface area contributed by atoms with Crippen molar-refractivity contribution >= 4 is 15.7 Å². The first-order valence-electron chi connectivity index (χ1n) is 8.22. The van der Waals surface area contributed by atoms with Gasteiger partial charge < -0.3 is 18.9 Å². The normalized spacial score (nSPS) is 14.8. The lowest BCUT2D eigenvalue weighted by Gasteiger charge is -2.17. The lowest BCUT2D eigenvalue weighted by atomic mass is 10.0. The minimum atomic E-state index is -3.92. The van der Waals surface area contributed by atoms with Crippen molar-refractivity contribution in [2.45, 2.75) is 17.7 Å². The molecule has 138 valence electrons. The largest absolute Gasteiger partial charge is 0.497 e. The molecule has 0 amide bonds. The summed E-state index contributed by atoms with van der Waals surface area (Å²) in [6, 6.07) is 6.58. The predicted octanol–water partition coefficient (Wildman–Crippen LogP) is 2.37. The highest BCUT2D eigenvalue weighted by Gasteiger charge is 2.30. The third kappa shape index (κ3) is 2.70. The van der Waals surface area contributed by atoms with E-state index in [0.717, 1.165) is 17.5 Å². The SMILES string of the molecule is COc1ccc(OC)c(S(=O)(=O)Nc2c3c(cc4c2OCC4)OCC3)c1. The molecular weight excluding hydrogens is 358 g/mol. The van der Waals surface area contributed by atoms with Crippen LogP contribution in [0, 0.1) is 0 Å². The van der Waals surface area contributed by atoms with Crippen molar-refractivity contribution in [2.75, 3.05) is 32.2 Å². The summed E-state index contributed by atoms with van der Waals surface area (Å²) in [6.07, 6.45) is 1.35. The number of sulfonamides is 1. The average molecular weight is 377 g/mol. The van der Waals surface area contributed by atoms with E-state index in [1.807, 2.05) is 6.07 Å². The van der Waals surface area contributed by atoms with Gasteiger partial charge in [0.05, 0.1) is 33.1 Å². The summed E-state index contributed by atoms with van der Waals surface area (Å²) in [7, 11) is -1.02. The van der Waals surface area contributed by atoms with Crippen molar-refractivity contribution in [1.82, 2.24) is 0 Å². The maximum Gasteiger partial charge on any atom is 0.265 e. The van der Waals surface area contributed by atoms with Crippen LogP contribution in [-0.4, -0.2) is 35.9 Å². The Morgan fingerprint density at radius 1 is 1.04 bits per heavy atom. The van der Waals surface area contributed by atoms with E-state index < -0.39 is 10.0 Å². The van der Waals surface area contributed by atoms with Crippen molar-refractivity contribution in [2.24, 2.45) is 0 Å². The van der Waals surface area contributed by atoms with Gasteiger partial charge in [-0.1, -0.05) is 0 Å². The van der Waals surface area contributed by atoms with Crippen LogP contribution in [0.25, 0.3) is 0 Å². The van der Waals surface area contributed by atoms with Gasteiger partial charge in [0.25, 0.3) is 10.0 Å². The number of anilines is 1. The smallest absolute Gasteiger partial charge is 0.265 e. The molecule has 0 unspecified atom stereocenters. The van der Waals surface area contributed by atoms with Gasteiger partial charge in [-0.2, -0.15) is 0 Å². The summed E-state index contributed by atoms with van der Waals surface area (Å²) in [6.45, 7) is 1.05. The van der Waals surface area contributed by atoms with Gasteiger partial charge in [0.15, 0.2) is 0 Å². The number of benzene rings is 2. The van der Waals surface area contributed by atoms with Gasteiger partial charge in [-0.3, -0.25) is 4.72 Å². The zero-order valence-electron chi connectivity index (χ0n) is 14.5. The van der Waals surface area contributed by atoms with Gasteiger partial charge in [-0.05, 0) is 18.2 Å². The van der Waals surface area contributed by atoms with Gasteiger partial charge in [-0.15, -0.1) is 0 Å². The third-order valence-corrected chi connectivity index (χ3v) is 5.92. The molecular formula is C18H19NO6S. The molecule has 0 aromatic heterocycles. The average Bonchev–Trinajstić information content (AvgIpc) is 3.29. The minimum absolute atomic E-state index is 0.00242. The number of ether oxygens (including phenoxy) is 4. The molecule has 2 aliphatic rings. The summed E-state index contributed by atoms with van der Waals surface area (Å²) in [5, 5.41) is 0. The molecule has 0 saturated heterocycles. The standard InChI is InChI=1S/C18H19NO6S/c1-22-12-3-4-14(23-2)16(10-12)26(20,21)19-17-13-6-8-24-15(13)9-11-5-7-25-18(11)17/h3-4,9-10,19H,5-8H2,1-2H3. The minimum Gasteiger partial charge on any atom is -0.497 e. The van der Waals surface area contributed by atoms with Gasteiger partial charge in [0.2, 0.25) is 0 Å². The van der Waals surface area contributed by atoms with Crippen molar-refractivity contribution in [3.63, 3.8) is 0 Å². The first-order chi connectivity index (χ1) is 12.5. The lowest BCUT2D eigenvalue weighted by molar-refractivity contribution is 0.356. The van der Waals surface area contributed by atoms with Crippen LogP contribution in [0.2, 0.25) is 0 Å². The monoisotopic (exact) mass is 377 g/mol. The van der Waals surface area contributed by atoms with Gasteiger partial charge >= 0.3 is 0 Å². The first kappa shape index (κ1) is 16.8. The molecule has 2 aliphatic heterocycles. The van der Waals surface area contributed by atoms with E-state index in [-0.39, 0.29) is 10.6 Å². The van der Waals surface area contributed by atoms with Crippen molar-refractivity contribution in [1.29, 1.82) is 0 Å². The van der Waals surface area contributed by atoms with E-state index >= 15 is 0 Å². The topological polar surface area (TPSA) is 83.1 Å². The highest BCUT2D eigenvalue weighted by atomic mass is 32.2. The molecule has 0 atom stereocenters. The van der Waals surface area contributed by atoms with Gasteiger partial charge in [-0.25, -0.2) is 8.42 Å². The van der Waals surface area contributed by atoms with Crippen molar-refractivity contribution in [3.8, 4) is 23.0 Å². The molecule has 2 heterocycles. The molecule has 8 heteroatoms. The molecule has 0 spiro atoms. The predicted molar refractivity (Wildman–Crippen MR) is 95.2 cm³/mol. The zero-order chi connectivity index (χ0) is 18.3. The molecule has 4 rings (SSSR count). The fourth-order valence-corrected chi connectivity index (χ4v) is 4.56. The highest BCUT2D eigenvalue weighted by molar-refractivity contribution is 7.92. The Labute approximate surface area is 151 Å². The van der Waals surface area contributed by atoms with Gasteiger partial charge in [0.1, 0.15) is 27.9 Å². The van der Waals surface area contributed by atoms with Crippen LogP contribution in [0.4, 0.5) is 5.69 Å². The number of methoxy groups -OCH3 is 2. The van der Waals surface area contributed by atoms with Crippen molar-refractivity contribution in [3.05, 3.63) is 35.4 Å². The first-order valence-corrected chi connectivity index (χ1v) is 9.71. The van der Waals surface area contributed by atoms with Crippen LogP contribution in [0.5, 0.6) is 23.0 Å². The summed E-state index contributed by atoms with van der Waals surface area (Å²) < 4.78 is 50.6. The van der Waals surface area contributed by atoms with E-state index in [0.29, 0.717) is 42.6 Å². The fourth-order valence-electron chi connectivity index (χ4n) is 3.28. The summed E-state index contributed by atoms with van der Waals surface area (Å²) in [5.74, 6) is 1.96. The molecule has 2 aromatic carbocycles. The molecule has 0 radical (unpaired) electrons. The number of rotatable bonds is 5. The van der Waals surface area contributed by atoms with Crippen molar-refractivity contribution < 1.29 is 27.4 Å². The maximum absolute atomic E-state index is 13.1. The lowest BCUT2D eigenvalue weighted by Crippen LogP contribution is -2.16. The van der Waals surface area contributed by atoms with Crippen LogP contribution < -0.4 is 23.7 Å². The Morgan fingerprint density at radius 3 is 2.62 bits per heavy atom. The highest BCUT2D eigenvalue weighted by Crippen LogP contribution is 2.45. The zero-order valence-corrected chi connectivity index (χ0v) is 15.3. The Morgan fingerprint density at radius 2 is 1.85 bits per heavy atom. The Balaban J connectivity index is 1.81. The molecule has 0 fully saturated rings. The summed E-state index contributed by atoms with van der Waals surface area (Å²) in [5.41, 5.74) is 2.22. The fraction of sp³-hybridized carbons (Fsp3) is 0.333. The molecule has 0 aliphatic carbocycles. The molecule has 26 heavy (non-hydrogen) atoms. The number of hydrogen-bond donors (Lipinski definition) is 1. The van der Waals surface area contributed by atoms with E-state index in [4.69, 9.17) is 18.9 Å². The van der Waals surface area contributed by atoms with Crippen LogP contribution in [0.1, 0.15) is 11.1 Å². The van der Waals surface area contributed by atoms with E-state index in [1.54, 1.807) is 12.1 Å². The van der Waals surface area contributed by atoms with Crippen LogP contribution >= 0.6 is 0 Å². The second kappa shape index (κ2) is 6.28. The number of fused-ring (bicyclic) bond motifs is 2. The molecule has 7 nitrogen and oxygen atoms in total. The van der Waals surface area contributed by atoms with Gasteiger partial charge in [0, 0.05) is 30.0 Å². The Hall–Kier alpha value is -2.61. The second-order valence-electron chi connectivity index (χ2n) is 6.04. The second-order valence-corrected chi connectivity index (χ2v) is 7.69. The third-order valence-electron chi connectivity index (χ3n) is 4.55. The molecule has 0 saturated carbocycles. The molecule has 2 aromatic rings. The molecule has 1 N–H and O–H groups in total. The van der Waals surface area contributed by atoms with Crippen LogP contribution in [0.3, 0.4) is 0 Å². The van der Waals surface area contributed by atoms with Crippen LogP contribution in [0.15, 0.2) is 29.2 Å². The van der Waals surface area contributed by atoms with E-state index in [9.17, 15) is 8.42 Å². The van der Waals surface area contributed by atoms with E-state index in [2.05, 4.69) is 4.72 Å². The molecule has 0 bridgehead atoms. The summed E-state index contributed by atoms with van der Waals surface area (Å²) >= 11 is 0. The van der Waals surface area contributed by atoms with Crippen LogP contribution in [-0.2, 0) is 22.9 Å². The Kier molecular flexibility index (Phi) is 4.07. The quantitative estimate of drug-likeness (QED) is 0.861. The Bertz CT molecular complexity index is 938. The number of hydrogen-bond acceptors (Lipinski definition) is 6. The number of nitrogens with one attached hydrogen (secondary N) is 1. The maximum atomic E-state index is 13.1. The van der Waals surface area contributed by atoms with E-state index in [1.165, 1.54) is 20.3 Å². The summed E-state index contributed by atoms with van der Waals surface area (Å²) in [4.78, 5) is 0.00242.